The van der Waals surface area contributed by atoms with Gasteiger partial charge < -0.3 is 10.6 Å². The molecule has 5 nitrogen and oxygen atoms in total. The molecule has 0 fully saturated rings. The topological polar surface area (TPSA) is 70.2 Å². The highest BCUT2D eigenvalue weighted by molar-refractivity contribution is 5.81. The van der Waals surface area contributed by atoms with Crippen LogP contribution in [-0.2, 0) is 16.1 Å². The van der Waals surface area contributed by atoms with Crippen LogP contribution in [0, 0.1) is 0 Å². The molecule has 2 amide bonds. The Labute approximate surface area is 126 Å². The molecule has 0 saturated heterocycles. The van der Waals surface area contributed by atoms with Gasteiger partial charge in [-0.2, -0.15) is 0 Å². The summed E-state index contributed by atoms with van der Waals surface area (Å²) in [5.74, 6) is -0.194. The van der Waals surface area contributed by atoms with Crippen LogP contribution in [0.1, 0.15) is 32.3 Å². The Morgan fingerprint density at radius 2 is 1.76 bits per heavy atom. The quantitative estimate of drug-likeness (QED) is 0.640. The number of hydrogen-bond acceptors (Lipinski definition) is 3. The van der Waals surface area contributed by atoms with E-state index in [1.807, 2.05) is 37.3 Å². The molecule has 0 aliphatic carbocycles. The summed E-state index contributed by atoms with van der Waals surface area (Å²) in [6, 6.07) is 9.89. The Morgan fingerprint density at radius 1 is 1.10 bits per heavy atom. The lowest BCUT2D eigenvalue weighted by Crippen LogP contribution is -2.42. The molecule has 0 radical (unpaired) electrons. The fraction of sp³-hybridized carbons (Fsp3) is 0.500. The number of hydrogen-bond donors (Lipinski definition) is 3. The van der Waals surface area contributed by atoms with E-state index in [2.05, 4.69) is 22.9 Å². The molecule has 0 aromatic heterocycles. The summed E-state index contributed by atoms with van der Waals surface area (Å²) in [5.41, 5.74) is 1.05. The average Bonchev–Trinajstić information content (AvgIpc) is 2.46. The van der Waals surface area contributed by atoms with Crippen molar-refractivity contribution in [1.82, 2.24) is 16.0 Å². The Kier molecular flexibility index (Phi) is 8.12. The average molecular weight is 291 g/mol. The molecule has 0 saturated carbocycles. The van der Waals surface area contributed by atoms with Crippen LogP contribution >= 0.6 is 0 Å². The van der Waals surface area contributed by atoms with Crippen LogP contribution in [0.4, 0.5) is 0 Å². The number of rotatable bonds is 9. The van der Waals surface area contributed by atoms with E-state index in [4.69, 9.17) is 0 Å². The predicted molar refractivity (Wildman–Crippen MR) is 83.7 cm³/mol. The molecular formula is C16H25N3O2. The van der Waals surface area contributed by atoms with E-state index >= 15 is 0 Å². The third-order valence-electron chi connectivity index (χ3n) is 3.03. The maximum Gasteiger partial charge on any atom is 0.234 e. The standard InChI is InChI=1S/C16H25N3O2/c1-3-7-13(2)19-16(21)12-17-11-15(20)18-10-14-8-5-4-6-9-14/h4-6,8-9,13,17H,3,7,10-12H2,1-2H3,(H,18,20)(H,19,21). The van der Waals surface area contributed by atoms with Crippen molar-refractivity contribution < 1.29 is 9.59 Å². The third kappa shape index (κ3) is 8.09. The Balaban J connectivity index is 2.11. The minimum atomic E-state index is -0.117. The minimum absolute atomic E-state index is 0.0770. The van der Waals surface area contributed by atoms with Gasteiger partial charge in [0.1, 0.15) is 0 Å². The second-order valence-electron chi connectivity index (χ2n) is 5.12. The lowest BCUT2D eigenvalue weighted by molar-refractivity contribution is -0.121. The van der Waals surface area contributed by atoms with Crippen molar-refractivity contribution in [2.45, 2.75) is 39.3 Å². The van der Waals surface area contributed by atoms with Crippen molar-refractivity contribution >= 4 is 11.8 Å². The lowest BCUT2D eigenvalue weighted by atomic mass is 10.2. The van der Waals surface area contributed by atoms with Crippen molar-refractivity contribution in [2.75, 3.05) is 13.1 Å². The summed E-state index contributed by atoms with van der Waals surface area (Å²) in [6.45, 7) is 4.86. The van der Waals surface area contributed by atoms with Crippen LogP contribution in [0.3, 0.4) is 0 Å². The zero-order chi connectivity index (χ0) is 15.5. The number of amides is 2. The number of carbonyl (C=O) groups is 2. The zero-order valence-corrected chi connectivity index (χ0v) is 12.8. The van der Waals surface area contributed by atoms with E-state index in [9.17, 15) is 9.59 Å². The fourth-order valence-electron chi connectivity index (χ4n) is 1.98. The van der Waals surface area contributed by atoms with E-state index in [0.29, 0.717) is 6.54 Å². The van der Waals surface area contributed by atoms with Gasteiger partial charge >= 0.3 is 0 Å². The molecule has 1 atom stereocenters. The first-order valence-corrected chi connectivity index (χ1v) is 7.42. The van der Waals surface area contributed by atoms with Gasteiger partial charge in [-0.05, 0) is 18.9 Å². The summed E-state index contributed by atoms with van der Waals surface area (Å²) < 4.78 is 0. The molecule has 1 unspecified atom stereocenters. The lowest BCUT2D eigenvalue weighted by Gasteiger charge is -2.13. The second-order valence-corrected chi connectivity index (χ2v) is 5.12. The van der Waals surface area contributed by atoms with Gasteiger partial charge in [-0.15, -0.1) is 0 Å². The molecule has 0 spiro atoms. The number of nitrogens with one attached hydrogen (secondary N) is 3. The monoisotopic (exact) mass is 291 g/mol. The molecule has 0 heterocycles. The first kappa shape index (κ1) is 17.2. The third-order valence-corrected chi connectivity index (χ3v) is 3.03. The first-order chi connectivity index (χ1) is 10.1. The molecular weight excluding hydrogens is 266 g/mol. The Bertz CT molecular complexity index is 434. The highest BCUT2D eigenvalue weighted by Gasteiger charge is 2.07. The minimum Gasteiger partial charge on any atom is -0.353 e. The van der Waals surface area contributed by atoms with Gasteiger partial charge in [0.25, 0.3) is 0 Å². The van der Waals surface area contributed by atoms with Crippen LogP contribution in [0.5, 0.6) is 0 Å². The van der Waals surface area contributed by atoms with Gasteiger partial charge in [-0.1, -0.05) is 43.7 Å². The largest absolute Gasteiger partial charge is 0.353 e. The van der Waals surface area contributed by atoms with Gasteiger partial charge in [-0.25, -0.2) is 0 Å². The van der Waals surface area contributed by atoms with Crippen molar-refractivity contribution in [3.8, 4) is 0 Å². The zero-order valence-electron chi connectivity index (χ0n) is 12.8. The summed E-state index contributed by atoms with van der Waals surface area (Å²) in [6.07, 6.45) is 2.00. The van der Waals surface area contributed by atoms with Gasteiger partial charge in [0.2, 0.25) is 11.8 Å². The van der Waals surface area contributed by atoms with E-state index in [1.165, 1.54) is 0 Å². The number of carbonyl (C=O) groups excluding carboxylic acids is 2. The molecule has 0 bridgehead atoms. The molecule has 1 aromatic rings. The number of benzene rings is 1. The van der Waals surface area contributed by atoms with Crippen molar-refractivity contribution in [2.24, 2.45) is 0 Å². The predicted octanol–water partition coefficient (Wildman–Crippen LogP) is 1.20. The molecule has 116 valence electrons. The highest BCUT2D eigenvalue weighted by Crippen LogP contribution is 1.96. The van der Waals surface area contributed by atoms with Crippen LogP contribution in [0.25, 0.3) is 0 Å². The van der Waals surface area contributed by atoms with Crippen LogP contribution < -0.4 is 16.0 Å². The maximum atomic E-state index is 11.6. The molecule has 3 N–H and O–H groups in total. The van der Waals surface area contributed by atoms with Gasteiger partial charge in [0, 0.05) is 12.6 Å². The smallest absolute Gasteiger partial charge is 0.234 e. The molecule has 0 aliphatic heterocycles. The van der Waals surface area contributed by atoms with E-state index in [0.717, 1.165) is 18.4 Å². The summed E-state index contributed by atoms with van der Waals surface area (Å²) in [4.78, 5) is 23.2. The molecule has 21 heavy (non-hydrogen) atoms. The van der Waals surface area contributed by atoms with Crippen LogP contribution in [0.15, 0.2) is 30.3 Å². The van der Waals surface area contributed by atoms with Gasteiger partial charge in [0.05, 0.1) is 13.1 Å². The van der Waals surface area contributed by atoms with Gasteiger partial charge in [-0.3, -0.25) is 14.9 Å². The molecule has 0 aliphatic rings. The van der Waals surface area contributed by atoms with E-state index in [1.54, 1.807) is 0 Å². The Hall–Kier alpha value is -1.88. The van der Waals surface area contributed by atoms with Crippen LogP contribution in [0.2, 0.25) is 0 Å². The normalized spacial score (nSPS) is 11.7. The SMILES string of the molecule is CCCC(C)NC(=O)CNCC(=O)NCc1ccccc1. The fourth-order valence-corrected chi connectivity index (χ4v) is 1.98. The van der Waals surface area contributed by atoms with Crippen molar-refractivity contribution in [3.63, 3.8) is 0 Å². The van der Waals surface area contributed by atoms with Crippen LogP contribution in [-0.4, -0.2) is 30.9 Å². The van der Waals surface area contributed by atoms with Gasteiger partial charge in [0.15, 0.2) is 0 Å². The maximum absolute atomic E-state index is 11.6. The summed E-state index contributed by atoms with van der Waals surface area (Å²) in [5, 5.41) is 8.52. The summed E-state index contributed by atoms with van der Waals surface area (Å²) in [7, 11) is 0. The van der Waals surface area contributed by atoms with Crippen molar-refractivity contribution in [3.05, 3.63) is 35.9 Å². The van der Waals surface area contributed by atoms with Crippen molar-refractivity contribution in [1.29, 1.82) is 0 Å². The van der Waals surface area contributed by atoms with E-state index in [-0.39, 0.29) is 30.9 Å². The first-order valence-electron chi connectivity index (χ1n) is 7.42. The molecule has 5 heteroatoms. The second kappa shape index (κ2) is 9.94. The molecule has 1 rings (SSSR count). The highest BCUT2D eigenvalue weighted by atomic mass is 16.2. The summed E-state index contributed by atoms with van der Waals surface area (Å²) >= 11 is 0. The Morgan fingerprint density at radius 3 is 2.43 bits per heavy atom. The molecule has 1 aromatic carbocycles. The van der Waals surface area contributed by atoms with E-state index < -0.39 is 0 Å².